The molecule has 0 saturated heterocycles. The summed E-state index contributed by atoms with van der Waals surface area (Å²) in [5.74, 6) is 2.27. The normalized spacial score (nSPS) is 11.6. The highest BCUT2D eigenvalue weighted by molar-refractivity contribution is 5.78. The van der Waals surface area contributed by atoms with Crippen LogP contribution in [0.25, 0.3) is 11.5 Å². The Kier molecular flexibility index (Phi) is 7.83. The Morgan fingerprint density at radius 2 is 1.60 bits per heavy atom. The summed E-state index contributed by atoms with van der Waals surface area (Å²) in [5.41, 5.74) is 3.75. The number of hydrogen-bond donors (Lipinski definition) is 0. The molecule has 0 unspecified atom stereocenters. The second-order valence-corrected chi connectivity index (χ2v) is 8.18. The van der Waals surface area contributed by atoms with E-state index >= 15 is 0 Å². The summed E-state index contributed by atoms with van der Waals surface area (Å²) in [6.07, 6.45) is 1.17. The van der Waals surface area contributed by atoms with Crippen molar-refractivity contribution >= 4 is 5.97 Å². The quantitative estimate of drug-likeness (QED) is 0.273. The van der Waals surface area contributed by atoms with Crippen molar-refractivity contribution in [3.8, 4) is 23.0 Å². The summed E-state index contributed by atoms with van der Waals surface area (Å²) in [6.45, 7) is 2.40. The smallest absolute Gasteiger partial charge is 0.313 e. The highest BCUT2D eigenvalue weighted by atomic mass is 16.5. The molecule has 6 nitrogen and oxygen atoms in total. The summed E-state index contributed by atoms with van der Waals surface area (Å²) < 4.78 is 22.0. The van der Waals surface area contributed by atoms with E-state index in [1.807, 2.05) is 85.8 Å². The van der Waals surface area contributed by atoms with Gasteiger partial charge in [-0.25, -0.2) is 4.98 Å². The Bertz CT molecular complexity index is 1230. The van der Waals surface area contributed by atoms with E-state index in [0.717, 1.165) is 39.6 Å². The zero-order valence-corrected chi connectivity index (χ0v) is 20.2. The second-order valence-electron chi connectivity index (χ2n) is 8.18. The molecule has 1 aromatic heterocycles. The Hall–Kier alpha value is -4.06. The number of carbonyl (C=O) groups excluding carboxylic acids is 1. The number of rotatable bonds is 10. The van der Waals surface area contributed by atoms with Crippen molar-refractivity contribution in [2.24, 2.45) is 0 Å². The van der Waals surface area contributed by atoms with Crippen LogP contribution in [-0.4, -0.2) is 31.8 Å². The van der Waals surface area contributed by atoms with Gasteiger partial charge in [-0.05, 0) is 60.9 Å². The minimum absolute atomic E-state index is 0.270. The van der Waals surface area contributed by atoms with Gasteiger partial charge in [-0.2, -0.15) is 0 Å². The van der Waals surface area contributed by atoms with E-state index in [2.05, 4.69) is 4.98 Å². The van der Waals surface area contributed by atoms with Crippen LogP contribution in [0.15, 0.2) is 83.3 Å². The molecule has 180 valence electrons. The molecule has 1 atom stereocenters. The molecular weight excluding hydrogens is 442 g/mol. The predicted octanol–water partition coefficient (Wildman–Crippen LogP) is 5.78. The van der Waals surface area contributed by atoms with Gasteiger partial charge in [0.1, 0.15) is 17.3 Å². The minimum atomic E-state index is -0.397. The number of nitrogens with zero attached hydrogens (tertiary/aromatic N) is 1. The fourth-order valence-electron chi connectivity index (χ4n) is 3.90. The van der Waals surface area contributed by atoms with E-state index in [-0.39, 0.29) is 5.97 Å². The molecule has 0 aliphatic heterocycles. The van der Waals surface area contributed by atoms with Crippen LogP contribution >= 0.6 is 0 Å². The summed E-state index contributed by atoms with van der Waals surface area (Å²) in [5, 5.41) is 0. The molecule has 0 fully saturated rings. The van der Waals surface area contributed by atoms with E-state index in [1.54, 1.807) is 7.11 Å². The summed E-state index contributed by atoms with van der Waals surface area (Å²) in [6, 6.07) is 25.1. The Morgan fingerprint density at radius 3 is 2.26 bits per heavy atom. The summed E-state index contributed by atoms with van der Waals surface area (Å²) in [7, 11) is 3.03. The van der Waals surface area contributed by atoms with E-state index in [1.165, 1.54) is 7.11 Å². The number of aryl methyl sites for hydroxylation is 1. The molecular formula is C29H29NO5. The van der Waals surface area contributed by atoms with Crippen LogP contribution in [0, 0.1) is 6.92 Å². The van der Waals surface area contributed by atoms with Gasteiger partial charge in [0.2, 0.25) is 5.89 Å². The number of esters is 1. The number of methoxy groups -OCH3 is 2. The maximum atomic E-state index is 12.4. The monoisotopic (exact) mass is 471 g/mol. The lowest BCUT2D eigenvalue weighted by atomic mass is 9.92. The average Bonchev–Trinajstić information content (AvgIpc) is 3.28. The van der Waals surface area contributed by atoms with Crippen LogP contribution in [0.1, 0.15) is 28.5 Å². The molecule has 0 amide bonds. The topological polar surface area (TPSA) is 70.8 Å². The fourth-order valence-corrected chi connectivity index (χ4v) is 3.90. The van der Waals surface area contributed by atoms with Crippen molar-refractivity contribution in [1.82, 2.24) is 4.98 Å². The molecule has 0 saturated carbocycles. The van der Waals surface area contributed by atoms with Gasteiger partial charge >= 0.3 is 5.97 Å². The van der Waals surface area contributed by atoms with Crippen LogP contribution in [0.3, 0.4) is 0 Å². The molecule has 4 aromatic rings. The molecule has 0 aliphatic rings. The molecule has 0 N–H and O–H groups in total. The van der Waals surface area contributed by atoms with E-state index < -0.39 is 5.92 Å². The van der Waals surface area contributed by atoms with Crippen molar-refractivity contribution < 1.29 is 23.4 Å². The van der Waals surface area contributed by atoms with E-state index in [0.29, 0.717) is 25.3 Å². The van der Waals surface area contributed by atoms with Crippen LogP contribution < -0.4 is 9.47 Å². The van der Waals surface area contributed by atoms with E-state index in [9.17, 15) is 4.79 Å². The predicted molar refractivity (Wildman–Crippen MR) is 134 cm³/mol. The van der Waals surface area contributed by atoms with Gasteiger partial charge in [-0.15, -0.1) is 0 Å². The number of benzene rings is 3. The van der Waals surface area contributed by atoms with Gasteiger partial charge < -0.3 is 18.6 Å². The summed E-state index contributed by atoms with van der Waals surface area (Å²) in [4.78, 5) is 17.1. The van der Waals surface area contributed by atoms with Crippen LogP contribution in [-0.2, 0) is 22.4 Å². The highest BCUT2D eigenvalue weighted by Gasteiger charge is 2.22. The largest absolute Gasteiger partial charge is 0.497 e. The third-order valence-corrected chi connectivity index (χ3v) is 5.89. The van der Waals surface area contributed by atoms with Crippen LogP contribution in [0.2, 0.25) is 0 Å². The number of ether oxygens (including phenoxy) is 3. The lowest BCUT2D eigenvalue weighted by molar-refractivity contribution is -0.142. The first-order chi connectivity index (χ1) is 17.1. The standard InChI is InChI=1S/C29H29NO5/c1-20-27(30-28(35-20)23-7-5-4-6-8-23)17-18-34-25-13-9-21(10-14-25)19-26(29(31)33-3)22-11-15-24(32-2)16-12-22/h4-16,26H,17-19H2,1-3H3/t26-/m1/s1. The van der Waals surface area contributed by atoms with Gasteiger partial charge in [0.15, 0.2) is 0 Å². The highest BCUT2D eigenvalue weighted by Crippen LogP contribution is 2.26. The lowest BCUT2D eigenvalue weighted by Crippen LogP contribution is -2.16. The average molecular weight is 472 g/mol. The third-order valence-electron chi connectivity index (χ3n) is 5.89. The number of carbonyl (C=O) groups is 1. The first-order valence-corrected chi connectivity index (χ1v) is 11.5. The maximum absolute atomic E-state index is 12.4. The first kappa shape index (κ1) is 24.1. The Morgan fingerprint density at radius 1 is 0.914 bits per heavy atom. The molecule has 0 aliphatic carbocycles. The summed E-state index contributed by atoms with van der Waals surface area (Å²) >= 11 is 0. The van der Waals surface area contributed by atoms with Crippen LogP contribution in [0.5, 0.6) is 11.5 Å². The molecule has 0 bridgehead atoms. The zero-order chi connectivity index (χ0) is 24.6. The fraction of sp³-hybridized carbons (Fsp3) is 0.241. The molecule has 35 heavy (non-hydrogen) atoms. The molecule has 3 aromatic carbocycles. The van der Waals surface area contributed by atoms with Crippen molar-refractivity contribution in [3.05, 3.63) is 101 Å². The lowest BCUT2D eigenvalue weighted by Gasteiger charge is -2.16. The van der Waals surface area contributed by atoms with E-state index in [4.69, 9.17) is 18.6 Å². The molecule has 0 radical (unpaired) electrons. The van der Waals surface area contributed by atoms with Gasteiger partial charge in [0, 0.05) is 12.0 Å². The van der Waals surface area contributed by atoms with Crippen molar-refractivity contribution in [2.45, 2.75) is 25.7 Å². The third kappa shape index (κ3) is 6.09. The molecule has 1 heterocycles. The van der Waals surface area contributed by atoms with Crippen molar-refractivity contribution in [2.75, 3.05) is 20.8 Å². The van der Waals surface area contributed by atoms with Gasteiger partial charge in [-0.3, -0.25) is 4.79 Å². The Balaban J connectivity index is 1.35. The number of aromatic nitrogens is 1. The minimum Gasteiger partial charge on any atom is -0.497 e. The van der Waals surface area contributed by atoms with Crippen LogP contribution in [0.4, 0.5) is 0 Å². The van der Waals surface area contributed by atoms with Gasteiger partial charge in [0.05, 0.1) is 32.4 Å². The molecule has 6 heteroatoms. The Labute approximate surface area is 205 Å². The second kappa shape index (κ2) is 11.4. The first-order valence-electron chi connectivity index (χ1n) is 11.5. The van der Waals surface area contributed by atoms with Gasteiger partial charge in [-0.1, -0.05) is 42.5 Å². The van der Waals surface area contributed by atoms with Gasteiger partial charge in [0.25, 0.3) is 0 Å². The molecule has 4 rings (SSSR count). The number of hydrogen-bond acceptors (Lipinski definition) is 6. The SMILES string of the molecule is COC(=O)[C@H](Cc1ccc(OCCc2nc(-c3ccccc3)oc2C)cc1)c1ccc(OC)cc1. The van der Waals surface area contributed by atoms with Crippen molar-refractivity contribution in [3.63, 3.8) is 0 Å². The molecule has 0 spiro atoms. The van der Waals surface area contributed by atoms with Crippen molar-refractivity contribution in [1.29, 1.82) is 0 Å². The number of oxazole rings is 1. The zero-order valence-electron chi connectivity index (χ0n) is 20.2. The maximum Gasteiger partial charge on any atom is 0.313 e.